The minimum absolute atomic E-state index is 0.341. The number of rotatable bonds is 3. The van der Waals surface area contributed by atoms with Crippen molar-refractivity contribution in [1.29, 1.82) is 0 Å². The van der Waals surface area contributed by atoms with Crippen molar-refractivity contribution < 1.29 is 4.39 Å². The smallest absolute Gasteiger partial charge is 0.141 e. The first-order valence-corrected chi connectivity index (χ1v) is 5.82. The maximum atomic E-state index is 13.2. The van der Waals surface area contributed by atoms with E-state index in [2.05, 4.69) is 10.4 Å². The normalized spacial score (nSPS) is 12.4. The topological polar surface area (TPSA) is 50.9 Å². The number of nitrogens with zero attached hydrogens (tertiary/aromatic N) is 1. The van der Waals surface area contributed by atoms with E-state index >= 15 is 0 Å². The Kier molecular flexibility index (Phi) is 3.91. The van der Waals surface area contributed by atoms with Crippen molar-refractivity contribution >= 4 is 11.6 Å². The van der Waals surface area contributed by atoms with Gasteiger partial charge in [-0.1, -0.05) is 23.7 Å². The first-order valence-electron chi connectivity index (χ1n) is 5.44. The van der Waals surface area contributed by atoms with Gasteiger partial charge in [-0.25, -0.2) is 9.82 Å². The van der Waals surface area contributed by atoms with E-state index < -0.39 is 5.82 Å². The highest BCUT2D eigenvalue weighted by atomic mass is 35.5. The first kappa shape index (κ1) is 13.0. The molecule has 1 heterocycles. The fourth-order valence-corrected chi connectivity index (χ4v) is 1.95. The van der Waals surface area contributed by atoms with Gasteiger partial charge < -0.3 is 0 Å². The second-order valence-corrected chi connectivity index (χ2v) is 4.45. The maximum absolute atomic E-state index is 13.2. The molecule has 0 amide bonds. The average Bonchev–Trinajstić information content (AvgIpc) is 2.35. The lowest BCUT2D eigenvalue weighted by Crippen LogP contribution is -2.29. The average molecular weight is 266 g/mol. The summed E-state index contributed by atoms with van der Waals surface area (Å²) in [5.41, 5.74) is 5.14. The van der Waals surface area contributed by atoms with E-state index in [1.807, 2.05) is 25.1 Å². The third-order valence-corrected chi connectivity index (χ3v) is 3.16. The van der Waals surface area contributed by atoms with Crippen LogP contribution in [0, 0.1) is 12.7 Å². The monoisotopic (exact) mass is 265 g/mol. The lowest BCUT2D eigenvalue weighted by molar-refractivity contribution is 0.598. The van der Waals surface area contributed by atoms with E-state index in [0.717, 1.165) is 17.3 Å². The van der Waals surface area contributed by atoms with Gasteiger partial charge in [-0.3, -0.25) is 10.8 Å². The summed E-state index contributed by atoms with van der Waals surface area (Å²) < 4.78 is 13.2. The third-order valence-electron chi connectivity index (χ3n) is 2.76. The molecule has 3 N–H and O–H groups in total. The second kappa shape index (κ2) is 5.44. The fraction of sp³-hybridized carbons (Fsp3) is 0.154. The summed E-state index contributed by atoms with van der Waals surface area (Å²) in [5, 5.41) is 0.650. The van der Waals surface area contributed by atoms with Crippen LogP contribution in [0.1, 0.15) is 22.7 Å². The SMILES string of the molecule is Cc1ccc(C(NN)c2cncc(F)c2)cc1Cl. The zero-order chi connectivity index (χ0) is 13.1. The van der Waals surface area contributed by atoms with Crippen LogP contribution in [0.5, 0.6) is 0 Å². The van der Waals surface area contributed by atoms with Crippen LogP contribution >= 0.6 is 11.6 Å². The van der Waals surface area contributed by atoms with Crippen molar-refractivity contribution in [3.05, 3.63) is 64.2 Å². The van der Waals surface area contributed by atoms with Crippen molar-refractivity contribution in [3.63, 3.8) is 0 Å². The Bertz CT molecular complexity index is 560. The van der Waals surface area contributed by atoms with Crippen LogP contribution in [0.25, 0.3) is 0 Å². The highest BCUT2D eigenvalue weighted by Crippen LogP contribution is 2.25. The number of aromatic nitrogens is 1. The van der Waals surface area contributed by atoms with Crippen LogP contribution in [0.4, 0.5) is 4.39 Å². The number of pyridine rings is 1. The molecule has 1 unspecified atom stereocenters. The summed E-state index contributed by atoms with van der Waals surface area (Å²) in [6, 6.07) is 6.66. The molecule has 0 aliphatic rings. The van der Waals surface area contributed by atoms with Crippen molar-refractivity contribution in [1.82, 2.24) is 10.4 Å². The standard InChI is InChI=1S/C13H13ClFN3/c1-8-2-3-9(5-12(8)14)13(18-16)10-4-11(15)7-17-6-10/h2-7,13,18H,16H2,1H3. The molecule has 2 aromatic rings. The minimum Gasteiger partial charge on any atom is -0.271 e. The zero-order valence-corrected chi connectivity index (χ0v) is 10.6. The molecule has 0 radical (unpaired) electrons. The predicted molar refractivity (Wildman–Crippen MR) is 69.6 cm³/mol. The first-order chi connectivity index (χ1) is 8.61. The third kappa shape index (κ3) is 2.67. The molecular formula is C13H13ClFN3. The summed E-state index contributed by atoms with van der Waals surface area (Å²) in [7, 11) is 0. The van der Waals surface area contributed by atoms with Gasteiger partial charge in [0.25, 0.3) is 0 Å². The van der Waals surface area contributed by atoms with Gasteiger partial charge in [0.05, 0.1) is 12.2 Å². The van der Waals surface area contributed by atoms with E-state index in [0.29, 0.717) is 10.6 Å². The number of nitrogens with one attached hydrogen (secondary N) is 1. The Morgan fingerprint density at radius 1 is 1.28 bits per heavy atom. The fourth-order valence-electron chi connectivity index (χ4n) is 1.76. The van der Waals surface area contributed by atoms with Crippen LogP contribution in [0.2, 0.25) is 5.02 Å². The summed E-state index contributed by atoms with van der Waals surface area (Å²) in [5.74, 6) is 5.13. The molecule has 2 rings (SSSR count). The van der Waals surface area contributed by atoms with E-state index in [9.17, 15) is 4.39 Å². The number of nitrogens with two attached hydrogens (primary N) is 1. The Morgan fingerprint density at radius 2 is 2.06 bits per heavy atom. The lowest BCUT2D eigenvalue weighted by atomic mass is 10.00. The second-order valence-electron chi connectivity index (χ2n) is 4.04. The van der Waals surface area contributed by atoms with Crippen molar-refractivity contribution in [3.8, 4) is 0 Å². The van der Waals surface area contributed by atoms with E-state index in [1.54, 1.807) is 6.20 Å². The Labute approximate surface area is 110 Å². The van der Waals surface area contributed by atoms with Crippen LogP contribution in [0.3, 0.4) is 0 Å². The molecule has 0 saturated carbocycles. The lowest BCUT2D eigenvalue weighted by Gasteiger charge is -2.17. The summed E-state index contributed by atoms with van der Waals surface area (Å²) >= 11 is 6.08. The zero-order valence-electron chi connectivity index (χ0n) is 9.82. The highest BCUT2D eigenvalue weighted by Gasteiger charge is 2.14. The number of halogens is 2. The van der Waals surface area contributed by atoms with Crippen molar-refractivity contribution in [2.75, 3.05) is 0 Å². The summed E-state index contributed by atoms with van der Waals surface area (Å²) in [4.78, 5) is 3.82. The van der Waals surface area contributed by atoms with Gasteiger partial charge in [0.1, 0.15) is 5.82 Å². The van der Waals surface area contributed by atoms with Gasteiger partial charge in [-0.05, 0) is 35.7 Å². The molecule has 1 aromatic heterocycles. The molecule has 0 bridgehead atoms. The molecule has 3 nitrogen and oxygen atoms in total. The molecule has 1 aromatic carbocycles. The molecule has 94 valence electrons. The summed E-state index contributed by atoms with van der Waals surface area (Å²) in [6.45, 7) is 1.92. The van der Waals surface area contributed by atoms with Crippen LogP contribution < -0.4 is 11.3 Å². The number of hydrogen-bond donors (Lipinski definition) is 2. The predicted octanol–water partition coefficient (Wildman–Crippen LogP) is 2.74. The van der Waals surface area contributed by atoms with Gasteiger partial charge in [0.2, 0.25) is 0 Å². The van der Waals surface area contributed by atoms with E-state index in [4.69, 9.17) is 17.4 Å². The molecule has 0 saturated heterocycles. The summed E-state index contributed by atoms with van der Waals surface area (Å²) in [6.07, 6.45) is 2.72. The van der Waals surface area contributed by atoms with E-state index in [-0.39, 0.29) is 6.04 Å². The number of aryl methyl sites for hydroxylation is 1. The highest BCUT2D eigenvalue weighted by molar-refractivity contribution is 6.31. The Balaban J connectivity index is 2.42. The number of benzene rings is 1. The molecule has 0 fully saturated rings. The molecule has 1 atom stereocenters. The van der Waals surface area contributed by atoms with Gasteiger partial charge in [0.15, 0.2) is 0 Å². The van der Waals surface area contributed by atoms with E-state index in [1.165, 1.54) is 6.07 Å². The molecule has 0 aliphatic carbocycles. The maximum Gasteiger partial charge on any atom is 0.141 e. The van der Waals surface area contributed by atoms with Crippen molar-refractivity contribution in [2.45, 2.75) is 13.0 Å². The van der Waals surface area contributed by atoms with Gasteiger partial charge in [-0.15, -0.1) is 0 Å². The van der Waals surface area contributed by atoms with Crippen LogP contribution in [-0.2, 0) is 0 Å². The number of hydrogen-bond acceptors (Lipinski definition) is 3. The molecule has 5 heteroatoms. The van der Waals surface area contributed by atoms with Crippen LogP contribution in [0.15, 0.2) is 36.7 Å². The quantitative estimate of drug-likeness (QED) is 0.663. The molecular weight excluding hydrogens is 253 g/mol. The Hall–Kier alpha value is -1.49. The number of hydrazine groups is 1. The van der Waals surface area contributed by atoms with Gasteiger partial charge >= 0.3 is 0 Å². The molecule has 18 heavy (non-hydrogen) atoms. The molecule has 0 spiro atoms. The van der Waals surface area contributed by atoms with Gasteiger partial charge in [0, 0.05) is 11.2 Å². The Morgan fingerprint density at radius 3 is 2.67 bits per heavy atom. The largest absolute Gasteiger partial charge is 0.271 e. The molecule has 0 aliphatic heterocycles. The van der Waals surface area contributed by atoms with Crippen molar-refractivity contribution in [2.24, 2.45) is 5.84 Å². The minimum atomic E-state index is -0.397. The van der Waals surface area contributed by atoms with Gasteiger partial charge in [-0.2, -0.15) is 0 Å². The van der Waals surface area contributed by atoms with Crippen LogP contribution in [-0.4, -0.2) is 4.98 Å².